The van der Waals surface area contributed by atoms with Gasteiger partial charge in [0.05, 0.1) is 25.1 Å². The molecule has 0 unspecified atom stereocenters. The zero-order valence-electron chi connectivity index (χ0n) is 21.4. The van der Waals surface area contributed by atoms with Crippen LogP contribution in [0.2, 0.25) is 0 Å². The van der Waals surface area contributed by atoms with Crippen molar-refractivity contribution >= 4 is 22.7 Å². The van der Waals surface area contributed by atoms with Gasteiger partial charge in [-0.15, -0.1) is 11.3 Å². The van der Waals surface area contributed by atoms with E-state index in [4.69, 9.17) is 14.2 Å². The van der Waals surface area contributed by atoms with E-state index in [1.165, 1.54) is 11.3 Å². The summed E-state index contributed by atoms with van der Waals surface area (Å²) in [4.78, 5) is 4.58. The Kier molecular flexibility index (Phi) is 9.19. The van der Waals surface area contributed by atoms with Crippen molar-refractivity contribution in [3.8, 4) is 28.5 Å². The van der Waals surface area contributed by atoms with Gasteiger partial charge in [-0.2, -0.15) is 5.10 Å². The van der Waals surface area contributed by atoms with Crippen molar-refractivity contribution in [1.29, 1.82) is 0 Å². The molecule has 1 heterocycles. The Morgan fingerprint density at radius 1 is 0.718 bits per heavy atom. The van der Waals surface area contributed by atoms with Crippen LogP contribution < -0.4 is 19.6 Å². The summed E-state index contributed by atoms with van der Waals surface area (Å²) in [5.74, 6) is 2.42. The fourth-order valence-electron chi connectivity index (χ4n) is 3.73. The summed E-state index contributed by atoms with van der Waals surface area (Å²) in [7, 11) is 0. The second-order valence-corrected chi connectivity index (χ2v) is 9.50. The topological polar surface area (TPSA) is 65.0 Å². The van der Waals surface area contributed by atoms with Crippen LogP contribution in [0, 0.1) is 0 Å². The van der Waals surface area contributed by atoms with Gasteiger partial charge >= 0.3 is 0 Å². The van der Waals surface area contributed by atoms with Crippen LogP contribution >= 0.6 is 11.3 Å². The Balaban J connectivity index is 1.01. The number of nitrogens with one attached hydrogen (secondary N) is 1. The fraction of sp³-hybridized carbons (Fsp3) is 0.125. The Morgan fingerprint density at radius 2 is 1.41 bits per heavy atom. The first-order valence-corrected chi connectivity index (χ1v) is 13.6. The number of hydrogen-bond acceptors (Lipinski definition) is 7. The first-order chi connectivity index (χ1) is 19.3. The second-order valence-electron chi connectivity index (χ2n) is 8.64. The number of benzene rings is 4. The van der Waals surface area contributed by atoms with Gasteiger partial charge in [-0.1, -0.05) is 72.8 Å². The van der Waals surface area contributed by atoms with E-state index < -0.39 is 0 Å². The predicted octanol–water partition coefficient (Wildman–Crippen LogP) is 7.68. The largest absolute Gasteiger partial charge is 0.493 e. The number of rotatable bonds is 13. The minimum atomic E-state index is 0.545. The molecule has 4 aromatic carbocycles. The number of aromatic nitrogens is 1. The summed E-state index contributed by atoms with van der Waals surface area (Å²) in [6, 6.07) is 35.7. The van der Waals surface area contributed by atoms with E-state index >= 15 is 0 Å². The van der Waals surface area contributed by atoms with Crippen LogP contribution in [0.4, 0.5) is 5.13 Å². The minimum absolute atomic E-state index is 0.545. The molecular weight excluding hydrogens is 506 g/mol. The third kappa shape index (κ3) is 8.18. The summed E-state index contributed by atoms with van der Waals surface area (Å²) >= 11 is 1.52. The first kappa shape index (κ1) is 26.0. The average Bonchev–Trinajstić information content (AvgIpc) is 3.47. The van der Waals surface area contributed by atoms with Gasteiger partial charge in [0.1, 0.15) is 23.9 Å². The lowest BCUT2D eigenvalue weighted by Crippen LogP contribution is -2.05. The smallest absolute Gasteiger partial charge is 0.203 e. The van der Waals surface area contributed by atoms with Crippen LogP contribution in [0.1, 0.15) is 17.5 Å². The summed E-state index contributed by atoms with van der Waals surface area (Å²) in [5, 5.41) is 7.08. The van der Waals surface area contributed by atoms with E-state index in [9.17, 15) is 0 Å². The van der Waals surface area contributed by atoms with Gasteiger partial charge in [-0.3, -0.25) is 5.43 Å². The van der Waals surface area contributed by atoms with Crippen LogP contribution in [0.15, 0.2) is 120 Å². The molecule has 0 saturated carbocycles. The van der Waals surface area contributed by atoms with E-state index in [0.29, 0.717) is 19.8 Å². The van der Waals surface area contributed by atoms with Crippen molar-refractivity contribution in [2.75, 3.05) is 18.6 Å². The molecule has 0 saturated heterocycles. The maximum Gasteiger partial charge on any atom is 0.203 e. The van der Waals surface area contributed by atoms with Crippen molar-refractivity contribution in [2.45, 2.75) is 13.0 Å². The van der Waals surface area contributed by atoms with E-state index in [-0.39, 0.29) is 0 Å². The molecule has 0 aliphatic heterocycles. The maximum absolute atomic E-state index is 5.90. The standard InChI is InChI=1S/C32H29N3O3S/c1-3-9-25(10-4-1)23-38-29-17-15-28(16-18-29)36-19-8-20-37-30-14-7-11-26(21-30)22-33-35-32-34-31(24-39-32)27-12-5-2-6-13-27/h1-7,9-18,21-22,24H,8,19-20,23H2,(H,34,35). The molecule has 39 heavy (non-hydrogen) atoms. The molecule has 6 nitrogen and oxygen atoms in total. The molecule has 5 rings (SSSR count). The highest BCUT2D eigenvalue weighted by molar-refractivity contribution is 7.14. The highest BCUT2D eigenvalue weighted by atomic mass is 32.1. The van der Waals surface area contributed by atoms with Crippen molar-refractivity contribution in [3.63, 3.8) is 0 Å². The molecule has 5 aromatic rings. The molecule has 0 amide bonds. The van der Waals surface area contributed by atoms with Crippen molar-refractivity contribution in [3.05, 3.63) is 126 Å². The van der Waals surface area contributed by atoms with Crippen molar-refractivity contribution in [2.24, 2.45) is 5.10 Å². The summed E-state index contributed by atoms with van der Waals surface area (Å²) in [6.07, 6.45) is 2.52. The lowest BCUT2D eigenvalue weighted by molar-refractivity contribution is 0.247. The Bertz CT molecular complexity index is 1460. The van der Waals surface area contributed by atoms with Crippen LogP contribution in [-0.4, -0.2) is 24.4 Å². The fourth-order valence-corrected chi connectivity index (χ4v) is 4.39. The number of hydrogen-bond donors (Lipinski definition) is 1. The van der Waals surface area contributed by atoms with Crippen molar-refractivity contribution < 1.29 is 14.2 Å². The zero-order chi connectivity index (χ0) is 26.5. The number of ether oxygens (including phenoxy) is 3. The molecule has 0 aliphatic rings. The van der Waals surface area contributed by atoms with Gasteiger partial charge in [0, 0.05) is 17.4 Å². The predicted molar refractivity (Wildman–Crippen MR) is 158 cm³/mol. The summed E-state index contributed by atoms with van der Waals surface area (Å²) in [5.41, 5.74) is 7.10. The SMILES string of the molecule is C(=NNc1nc(-c2ccccc2)cs1)c1cccc(OCCCOc2ccc(OCc3ccccc3)cc2)c1. The third-order valence-corrected chi connectivity index (χ3v) is 6.45. The molecule has 7 heteroatoms. The lowest BCUT2D eigenvalue weighted by atomic mass is 10.2. The van der Waals surface area contributed by atoms with Crippen LogP contribution in [0.5, 0.6) is 17.2 Å². The highest BCUT2D eigenvalue weighted by Gasteiger charge is 2.03. The van der Waals surface area contributed by atoms with Gasteiger partial charge in [0.25, 0.3) is 0 Å². The van der Waals surface area contributed by atoms with E-state index in [2.05, 4.69) is 15.5 Å². The Labute approximate surface area is 232 Å². The molecule has 1 N–H and O–H groups in total. The molecular formula is C32H29N3O3S. The molecule has 0 aliphatic carbocycles. The molecule has 0 atom stereocenters. The number of anilines is 1. The first-order valence-electron chi connectivity index (χ1n) is 12.7. The second kappa shape index (κ2) is 13.8. The van der Waals surface area contributed by atoms with Crippen molar-refractivity contribution in [1.82, 2.24) is 4.98 Å². The zero-order valence-corrected chi connectivity index (χ0v) is 22.2. The number of nitrogens with zero attached hydrogens (tertiary/aromatic N) is 2. The molecule has 0 radical (unpaired) electrons. The van der Waals surface area contributed by atoms with Crippen LogP contribution in [0.3, 0.4) is 0 Å². The number of hydrazone groups is 1. The molecule has 1 aromatic heterocycles. The van der Waals surface area contributed by atoms with Gasteiger partial charge in [-0.25, -0.2) is 4.98 Å². The summed E-state index contributed by atoms with van der Waals surface area (Å²) in [6.45, 7) is 1.66. The average molecular weight is 536 g/mol. The highest BCUT2D eigenvalue weighted by Crippen LogP contribution is 2.24. The molecule has 0 spiro atoms. The van der Waals surface area contributed by atoms with Gasteiger partial charge < -0.3 is 14.2 Å². The van der Waals surface area contributed by atoms with E-state index in [1.54, 1.807) is 6.21 Å². The van der Waals surface area contributed by atoms with E-state index in [1.807, 2.05) is 115 Å². The van der Waals surface area contributed by atoms with Gasteiger partial charge in [0.2, 0.25) is 5.13 Å². The Morgan fingerprint density at radius 3 is 2.18 bits per heavy atom. The van der Waals surface area contributed by atoms with Crippen LogP contribution in [-0.2, 0) is 6.61 Å². The molecule has 196 valence electrons. The normalized spacial score (nSPS) is 10.9. The minimum Gasteiger partial charge on any atom is -0.493 e. The maximum atomic E-state index is 5.90. The monoisotopic (exact) mass is 535 g/mol. The summed E-state index contributed by atoms with van der Waals surface area (Å²) < 4.78 is 17.6. The van der Waals surface area contributed by atoms with E-state index in [0.717, 1.165) is 51.2 Å². The van der Waals surface area contributed by atoms with Gasteiger partial charge in [-0.05, 0) is 47.5 Å². The molecule has 0 bridgehead atoms. The quantitative estimate of drug-likeness (QED) is 0.0951. The lowest BCUT2D eigenvalue weighted by Gasteiger charge is -2.10. The molecule has 0 fully saturated rings. The number of thiazole rings is 1. The van der Waals surface area contributed by atoms with Crippen LogP contribution in [0.25, 0.3) is 11.3 Å². The van der Waals surface area contributed by atoms with Gasteiger partial charge in [0.15, 0.2) is 0 Å². The Hall–Kier alpha value is -4.62. The third-order valence-electron chi connectivity index (χ3n) is 5.70.